The molecule has 0 saturated carbocycles. The fourth-order valence-corrected chi connectivity index (χ4v) is 4.48. The van der Waals surface area contributed by atoms with Crippen molar-refractivity contribution in [2.45, 2.75) is 13.3 Å². The van der Waals surface area contributed by atoms with Crippen molar-refractivity contribution in [1.29, 1.82) is 0 Å². The summed E-state index contributed by atoms with van der Waals surface area (Å²) < 4.78 is 16.3. The first kappa shape index (κ1) is 29.6. The molecule has 0 aliphatic carbocycles. The van der Waals surface area contributed by atoms with E-state index in [0.29, 0.717) is 17.2 Å². The van der Waals surface area contributed by atoms with Crippen LogP contribution in [0.15, 0.2) is 97.1 Å². The van der Waals surface area contributed by atoms with E-state index < -0.39 is 35.2 Å². The summed E-state index contributed by atoms with van der Waals surface area (Å²) in [5, 5.41) is 10.8. The van der Waals surface area contributed by atoms with Crippen molar-refractivity contribution in [2.24, 2.45) is 5.92 Å². The molecule has 4 aromatic carbocycles. The van der Waals surface area contributed by atoms with Crippen LogP contribution in [0.3, 0.4) is 0 Å². The average molecular weight is 595 g/mol. The molecule has 4 aromatic rings. The van der Waals surface area contributed by atoms with Gasteiger partial charge in [-0.25, -0.2) is 4.79 Å². The van der Waals surface area contributed by atoms with Crippen LogP contribution in [0, 0.1) is 23.0 Å². The monoisotopic (exact) mass is 594 g/mol. The Labute approximate surface area is 251 Å². The Morgan fingerprint density at radius 1 is 0.818 bits per heavy atom. The first-order valence-electron chi connectivity index (χ1n) is 13.6. The standard InChI is InChI=1S/C33H26N2O9/c1-21-2-12-27(13-3-21)43-28-16-10-25(11-17-28)34-19-24(18-31(34)37)32(38)42-20-30(36)22-6-14-29(15-7-22)44-33(39)23-4-8-26(9-5-23)35(40)41/h2-17,24H,18-20H2,1H3/t24-/m0/s1. The van der Waals surface area contributed by atoms with Crippen LogP contribution in [0.25, 0.3) is 0 Å². The molecule has 44 heavy (non-hydrogen) atoms. The first-order valence-corrected chi connectivity index (χ1v) is 13.6. The number of aryl methyl sites for hydroxylation is 1. The van der Waals surface area contributed by atoms with Gasteiger partial charge in [0.15, 0.2) is 12.4 Å². The fourth-order valence-electron chi connectivity index (χ4n) is 4.48. The third kappa shape index (κ3) is 7.13. The van der Waals surface area contributed by atoms with Crippen molar-refractivity contribution in [1.82, 2.24) is 0 Å². The van der Waals surface area contributed by atoms with Crippen molar-refractivity contribution >= 4 is 35.0 Å². The van der Waals surface area contributed by atoms with Crippen LogP contribution in [0.2, 0.25) is 0 Å². The molecule has 0 spiro atoms. The van der Waals surface area contributed by atoms with Gasteiger partial charge >= 0.3 is 11.9 Å². The highest BCUT2D eigenvalue weighted by atomic mass is 16.6. The van der Waals surface area contributed by atoms with E-state index in [1.54, 1.807) is 24.3 Å². The molecule has 222 valence electrons. The fraction of sp³-hybridized carbons (Fsp3) is 0.152. The molecule has 11 nitrogen and oxygen atoms in total. The summed E-state index contributed by atoms with van der Waals surface area (Å²) in [5.41, 5.74) is 1.93. The van der Waals surface area contributed by atoms with Crippen LogP contribution in [-0.4, -0.2) is 41.7 Å². The molecule has 0 aromatic heterocycles. The van der Waals surface area contributed by atoms with Gasteiger partial charge in [-0.2, -0.15) is 0 Å². The summed E-state index contributed by atoms with van der Waals surface area (Å²) in [4.78, 5) is 61.9. The largest absolute Gasteiger partial charge is 0.457 e. The number of ketones is 1. The molecule has 1 heterocycles. The molecule has 11 heteroatoms. The maximum Gasteiger partial charge on any atom is 0.343 e. The van der Waals surface area contributed by atoms with Crippen molar-refractivity contribution in [3.63, 3.8) is 0 Å². The number of Topliss-reactive ketones (excluding diaryl/α,β-unsaturated/α-hetero) is 1. The van der Waals surface area contributed by atoms with Crippen molar-refractivity contribution in [3.05, 3.63) is 124 Å². The van der Waals surface area contributed by atoms with Gasteiger partial charge in [-0.3, -0.25) is 24.5 Å². The highest BCUT2D eigenvalue weighted by Gasteiger charge is 2.36. The number of nitro benzene ring substituents is 1. The van der Waals surface area contributed by atoms with E-state index in [9.17, 15) is 29.3 Å². The van der Waals surface area contributed by atoms with Crippen LogP contribution < -0.4 is 14.4 Å². The molecule has 0 bridgehead atoms. The smallest absolute Gasteiger partial charge is 0.343 e. The first-order chi connectivity index (χ1) is 21.2. The van der Waals surface area contributed by atoms with Crippen LogP contribution in [0.1, 0.15) is 32.7 Å². The van der Waals surface area contributed by atoms with E-state index >= 15 is 0 Å². The summed E-state index contributed by atoms with van der Waals surface area (Å²) in [7, 11) is 0. The summed E-state index contributed by atoms with van der Waals surface area (Å²) in [5.74, 6) is -1.35. The third-order valence-electron chi connectivity index (χ3n) is 6.91. The number of hydrogen-bond donors (Lipinski definition) is 0. The summed E-state index contributed by atoms with van der Waals surface area (Å²) in [6.45, 7) is 1.60. The van der Waals surface area contributed by atoms with Gasteiger partial charge in [0.2, 0.25) is 5.91 Å². The molecule has 1 amide bonds. The van der Waals surface area contributed by atoms with E-state index in [1.807, 2.05) is 31.2 Å². The second-order valence-electron chi connectivity index (χ2n) is 10.1. The summed E-state index contributed by atoms with van der Waals surface area (Å²) >= 11 is 0. The Balaban J connectivity index is 1.10. The van der Waals surface area contributed by atoms with E-state index in [4.69, 9.17) is 14.2 Å². The average Bonchev–Trinajstić information content (AvgIpc) is 3.43. The van der Waals surface area contributed by atoms with Gasteiger partial charge in [0.1, 0.15) is 17.2 Å². The van der Waals surface area contributed by atoms with E-state index in [-0.39, 0.29) is 41.4 Å². The Morgan fingerprint density at radius 2 is 1.39 bits per heavy atom. The number of benzene rings is 4. The van der Waals surface area contributed by atoms with Crippen LogP contribution >= 0.6 is 0 Å². The zero-order chi connectivity index (χ0) is 31.2. The Morgan fingerprint density at radius 3 is 2.00 bits per heavy atom. The predicted octanol–water partition coefficient (Wildman–Crippen LogP) is 5.69. The molecule has 0 N–H and O–H groups in total. The van der Waals surface area contributed by atoms with Gasteiger partial charge in [0.25, 0.3) is 5.69 Å². The van der Waals surface area contributed by atoms with Crippen LogP contribution in [0.4, 0.5) is 11.4 Å². The van der Waals surface area contributed by atoms with Gasteiger partial charge in [-0.05, 0) is 79.7 Å². The molecule has 1 fully saturated rings. The number of ether oxygens (including phenoxy) is 3. The number of nitro groups is 1. The molecule has 0 unspecified atom stereocenters. The van der Waals surface area contributed by atoms with Crippen LogP contribution in [-0.2, 0) is 14.3 Å². The molecule has 5 rings (SSSR count). The highest BCUT2D eigenvalue weighted by Crippen LogP contribution is 2.29. The molecule has 0 radical (unpaired) electrons. The van der Waals surface area contributed by atoms with Gasteiger partial charge in [-0.15, -0.1) is 0 Å². The summed E-state index contributed by atoms with van der Waals surface area (Å²) in [6.07, 6.45) is -0.0382. The lowest BCUT2D eigenvalue weighted by molar-refractivity contribution is -0.384. The number of carbonyl (C=O) groups excluding carboxylic acids is 4. The molecule has 1 aliphatic heterocycles. The minimum Gasteiger partial charge on any atom is -0.457 e. The zero-order valence-corrected chi connectivity index (χ0v) is 23.5. The van der Waals surface area contributed by atoms with Gasteiger partial charge in [0, 0.05) is 36.3 Å². The topological polar surface area (TPSA) is 142 Å². The minimum absolute atomic E-state index is 0.0382. The number of esters is 2. The third-order valence-corrected chi connectivity index (χ3v) is 6.91. The lowest BCUT2D eigenvalue weighted by Crippen LogP contribution is -2.27. The van der Waals surface area contributed by atoms with Crippen LogP contribution in [0.5, 0.6) is 17.2 Å². The highest BCUT2D eigenvalue weighted by molar-refractivity contribution is 6.01. The number of anilines is 1. The molecule has 1 aliphatic rings. The number of amides is 1. The number of hydrogen-bond acceptors (Lipinski definition) is 9. The maximum absolute atomic E-state index is 12.7. The van der Waals surface area contributed by atoms with Crippen molar-refractivity contribution < 1.29 is 38.3 Å². The Bertz CT molecular complexity index is 1700. The number of non-ortho nitro benzene ring substituents is 1. The van der Waals surface area contributed by atoms with Crippen molar-refractivity contribution in [3.8, 4) is 17.2 Å². The summed E-state index contributed by atoms with van der Waals surface area (Å²) in [6, 6.07) is 25.2. The predicted molar refractivity (Wildman–Crippen MR) is 158 cm³/mol. The molecule has 1 atom stereocenters. The second-order valence-corrected chi connectivity index (χ2v) is 10.1. The molecular formula is C33H26N2O9. The Hall–Kier alpha value is -5.84. The number of rotatable bonds is 10. The lowest BCUT2D eigenvalue weighted by Gasteiger charge is -2.17. The lowest BCUT2D eigenvalue weighted by atomic mass is 10.1. The normalized spacial score (nSPS) is 14.2. The number of carbonyl (C=O) groups is 4. The second kappa shape index (κ2) is 13.0. The van der Waals surface area contributed by atoms with Gasteiger partial charge in [0.05, 0.1) is 16.4 Å². The number of nitrogens with zero attached hydrogens (tertiary/aromatic N) is 2. The van der Waals surface area contributed by atoms with E-state index in [1.165, 1.54) is 53.4 Å². The Kier molecular flexibility index (Phi) is 8.75. The maximum atomic E-state index is 12.7. The quantitative estimate of drug-likeness (QED) is 0.0743. The van der Waals surface area contributed by atoms with Gasteiger partial charge < -0.3 is 19.1 Å². The molecule has 1 saturated heterocycles. The van der Waals surface area contributed by atoms with E-state index in [0.717, 1.165) is 5.56 Å². The van der Waals surface area contributed by atoms with Crippen molar-refractivity contribution in [2.75, 3.05) is 18.1 Å². The molecular weight excluding hydrogens is 568 g/mol. The van der Waals surface area contributed by atoms with Gasteiger partial charge in [-0.1, -0.05) is 17.7 Å². The zero-order valence-electron chi connectivity index (χ0n) is 23.5. The SMILES string of the molecule is Cc1ccc(Oc2ccc(N3C[C@@H](C(=O)OCC(=O)c4ccc(OC(=O)c5ccc([N+](=O)[O-])cc5)cc4)CC3=O)cc2)cc1. The van der Waals surface area contributed by atoms with E-state index in [2.05, 4.69) is 0 Å². The minimum atomic E-state index is -0.723.